The first kappa shape index (κ1) is 21.7. The summed E-state index contributed by atoms with van der Waals surface area (Å²) >= 11 is 3.45. The lowest BCUT2D eigenvalue weighted by Gasteiger charge is -2.28. The Morgan fingerprint density at radius 1 is 1.05 bits per heavy atom. The molecule has 22 heavy (non-hydrogen) atoms. The molecule has 0 radical (unpaired) electrons. The van der Waals surface area contributed by atoms with Gasteiger partial charge < -0.3 is 14.7 Å². The molecular weight excluding hydrogens is 366 g/mol. The van der Waals surface area contributed by atoms with Gasteiger partial charge in [-0.2, -0.15) is 0 Å². The molecular formula is C17H29BrClNO2. The van der Waals surface area contributed by atoms with Crippen molar-refractivity contribution < 1.29 is 9.84 Å². The van der Waals surface area contributed by atoms with Crippen molar-refractivity contribution in [2.45, 2.75) is 33.8 Å². The van der Waals surface area contributed by atoms with Crippen molar-refractivity contribution in [2.75, 3.05) is 26.2 Å². The molecule has 1 aromatic rings. The second kappa shape index (κ2) is 11.3. The quantitative estimate of drug-likeness (QED) is 0.680. The first-order valence-corrected chi connectivity index (χ1v) is 8.45. The van der Waals surface area contributed by atoms with Gasteiger partial charge >= 0.3 is 0 Å². The van der Waals surface area contributed by atoms with Crippen molar-refractivity contribution in [3.63, 3.8) is 0 Å². The Morgan fingerprint density at radius 3 is 2.09 bits per heavy atom. The van der Waals surface area contributed by atoms with Crippen LogP contribution in [0.3, 0.4) is 0 Å². The van der Waals surface area contributed by atoms with E-state index in [9.17, 15) is 5.11 Å². The summed E-state index contributed by atoms with van der Waals surface area (Å²) in [7, 11) is 0. The minimum absolute atomic E-state index is 0. The number of ether oxygens (including phenoxy) is 1. The number of aliphatic hydroxyl groups excluding tert-OH is 1. The van der Waals surface area contributed by atoms with E-state index in [0.29, 0.717) is 25.0 Å². The van der Waals surface area contributed by atoms with Crippen molar-refractivity contribution in [1.82, 2.24) is 4.90 Å². The highest BCUT2D eigenvalue weighted by molar-refractivity contribution is 9.10. The van der Waals surface area contributed by atoms with E-state index in [0.717, 1.165) is 23.3 Å². The van der Waals surface area contributed by atoms with Gasteiger partial charge in [-0.05, 0) is 39.9 Å². The zero-order chi connectivity index (χ0) is 15.8. The van der Waals surface area contributed by atoms with Crippen LogP contribution in [0.25, 0.3) is 0 Å². The first-order chi connectivity index (χ1) is 9.88. The van der Waals surface area contributed by atoms with Gasteiger partial charge in [-0.1, -0.05) is 39.8 Å². The number of nitrogens with zero attached hydrogens (tertiary/aromatic N) is 1. The molecule has 3 nitrogen and oxygen atoms in total. The van der Waals surface area contributed by atoms with Crippen molar-refractivity contribution in [3.05, 3.63) is 28.7 Å². The lowest BCUT2D eigenvalue weighted by Crippen LogP contribution is -2.39. The number of para-hydroxylation sites is 1. The number of aliphatic hydroxyl groups is 1. The Bertz CT molecular complexity index is 405. The molecule has 128 valence electrons. The summed E-state index contributed by atoms with van der Waals surface area (Å²) in [5.74, 6) is 1.97. The molecule has 0 aliphatic rings. The number of rotatable bonds is 9. The lowest BCUT2D eigenvalue weighted by atomic mass is 10.1. The molecule has 0 saturated carbocycles. The van der Waals surface area contributed by atoms with Crippen LogP contribution in [0.15, 0.2) is 28.7 Å². The third-order valence-electron chi connectivity index (χ3n) is 2.98. The normalized spacial score (nSPS) is 12.6. The smallest absolute Gasteiger partial charge is 0.133 e. The zero-order valence-electron chi connectivity index (χ0n) is 14.0. The van der Waals surface area contributed by atoms with Crippen molar-refractivity contribution in [1.29, 1.82) is 0 Å². The molecule has 1 aromatic carbocycles. The summed E-state index contributed by atoms with van der Waals surface area (Å²) in [6.45, 7) is 11.8. The Morgan fingerprint density at radius 2 is 1.59 bits per heavy atom. The molecule has 0 fully saturated rings. The molecule has 1 N–H and O–H groups in total. The number of hydrogen-bond donors (Lipinski definition) is 1. The third kappa shape index (κ3) is 8.99. The minimum Gasteiger partial charge on any atom is -0.490 e. The highest BCUT2D eigenvalue weighted by atomic mass is 79.9. The van der Waals surface area contributed by atoms with Crippen LogP contribution in [-0.2, 0) is 0 Å². The van der Waals surface area contributed by atoms with Crippen molar-refractivity contribution in [2.24, 2.45) is 11.8 Å². The summed E-state index contributed by atoms with van der Waals surface area (Å²) in [6, 6.07) is 7.71. The molecule has 0 amide bonds. The van der Waals surface area contributed by atoms with E-state index in [1.54, 1.807) is 0 Å². The second-order valence-corrected chi connectivity index (χ2v) is 7.26. The second-order valence-electron chi connectivity index (χ2n) is 6.40. The van der Waals surface area contributed by atoms with Crippen LogP contribution >= 0.6 is 28.3 Å². The van der Waals surface area contributed by atoms with Crippen LogP contribution in [0.5, 0.6) is 5.75 Å². The molecule has 1 rings (SSSR count). The van der Waals surface area contributed by atoms with Gasteiger partial charge in [-0.3, -0.25) is 0 Å². The van der Waals surface area contributed by atoms with Gasteiger partial charge in [0.15, 0.2) is 0 Å². The summed E-state index contributed by atoms with van der Waals surface area (Å²) in [5.41, 5.74) is 0. The van der Waals surface area contributed by atoms with Gasteiger partial charge in [-0.15, -0.1) is 12.4 Å². The molecule has 0 aliphatic carbocycles. The molecule has 0 aromatic heterocycles. The highest BCUT2D eigenvalue weighted by Gasteiger charge is 2.15. The largest absolute Gasteiger partial charge is 0.490 e. The maximum absolute atomic E-state index is 10.2. The van der Waals surface area contributed by atoms with Gasteiger partial charge in [0.05, 0.1) is 4.47 Å². The Balaban J connectivity index is 0.00000441. The highest BCUT2D eigenvalue weighted by Crippen LogP contribution is 2.23. The summed E-state index contributed by atoms with van der Waals surface area (Å²) in [6.07, 6.45) is -0.477. The molecule has 0 bridgehead atoms. The Labute approximate surface area is 149 Å². The predicted octanol–water partition coefficient (Wildman–Crippen LogP) is 4.22. The average molecular weight is 395 g/mol. The van der Waals surface area contributed by atoms with Gasteiger partial charge in [0.25, 0.3) is 0 Å². The minimum atomic E-state index is -0.477. The molecule has 0 heterocycles. The molecule has 1 atom stereocenters. The molecule has 0 saturated heterocycles. The van der Waals surface area contributed by atoms with Crippen LogP contribution in [0.2, 0.25) is 0 Å². The zero-order valence-corrected chi connectivity index (χ0v) is 16.4. The van der Waals surface area contributed by atoms with E-state index >= 15 is 0 Å². The molecule has 0 aliphatic heterocycles. The van der Waals surface area contributed by atoms with Crippen molar-refractivity contribution >= 4 is 28.3 Å². The summed E-state index contributed by atoms with van der Waals surface area (Å²) < 4.78 is 6.60. The van der Waals surface area contributed by atoms with E-state index < -0.39 is 6.10 Å². The number of halogens is 2. The SMILES string of the molecule is CC(C)CN(CC(C)C)CC(O)COc1ccccc1Br.Cl. The lowest BCUT2D eigenvalue weighted by molar-refractivity contribution is 0.0599. The Hall–Kier alpha value is -0.290. The maximum Gasteiger partial charge on any atom is 0.133 e. The first-order valence-electron chi connectivity index (χ1n) is 7.66. The van der Waals surface area contributed by atoms with Gasteiger partial charge in [0.2, 0.25) is 0 Å². The standard InChI is InChI=1S/C17H28BrNO2.ClH/c1-13(2)9-19(10-14(3)4)11-15(20)12-21-17-8-6-5-7-16(17)18;/h5-8,13-15,20H,9-12H2,1-4H3;1H. The summed E-state index contributed by atoms with van der Waals surface area (Å²) in [5, 5.41) is 10.2. The van der Waals surface area contributed by atoms with Gasteiger partial charge in [0.1, 0.15) is 18.5 Å². The fourth-order valence-corrected chi connectivity index (χ4v) is 2.75. The van der Waals surface area contributed by atoms with Crippen LogP contribution in [0.1, 0.15) is 27.7 Å². The van der Waals surface area contributed by atoms with Crippen LogP contribution < -0.4 is 4.74 Å². The van der Waals surface area contributed by atoms with Crippen LogP contribution in [0.4, 0.5) is 0 Å². The molecule has 1 unspecified atom stereocenters. The fourth-order valence-electron chi connectivity index (χ4n) is 2.35. The topological polar surface area (TPSA) is 32.7 Å². The van der Waals surface area contributed by atoms with Crippen LogP contribution in [0, 0.1) is 11.8 Å². The van der Waals surface area contributed by atoms with Gasteiger partial charge in [-0.25, -0.2) is 0 Å². The summed E-state index contributed by atoms with van der Waals surface area (Å²) in [4.78, 5) is 2.32. The number of benzene rings is 1. The monoisotopic (exact) mass is 393 g/mol. The Kier molecular flexibility index (Phi) is 11.1. The van der Waals surface area contributed by atoms with E-state index in [1.807, 2.05) is 24.3 Å². The third-order valence-corrected chi connectivity index (χ3v) is 3.64. The van der Waals surface area contributed by atoms with E-state index in [2.05, 4.69) is 48.5 Å². The number of hydrogen-bond acceptors (Lipinski definition) is 3. The van der Waals surface area contributed by atoms with E-state index in [4.69, 9.17) is 4.74 Å². The van der Waals surface area contributed by atoms with Gasteiger partial charge in [0, 0.05) is 19.6 Å². The predicted molar refractivity (Wildman–Crippen MR) is 99.0 cm³/mol. The molecule has 5 heteroatoms. The van der Waals surface area contributed by atoms with E-state index in [-0.39, 0.29) is 12.4 Å². The molecule has 0 spiro atoms. The fraction of sp³-hybridized carbons (Fsp3) is 0.647. The maximum atomic E-state index is 10.2. The van der Waals surface area contributed by atoms with Crippen molar-refractivity contribution in [3.8, 4) is 5.75 Å². The average Bonchev–Trinajstić information content (AvgIpc) is 2.36. The van der Waals surface area contributed by atoms with Crippen LogP contribution in [-0.4, -0.2) is 42.4 Å². The van der Waals surface area contributed by atoms with E-state index in [1.165, 1.54) is 0 Å².